The summed E-state index contributed by atoms with van der Waals surface area (Å²) in [7, 11) is 0. The Bertz CT molecular complexity index is 309. The van der Waals surface area contributed by atoms with E-state index >= 15 is 0 Å². The van der Waals surface area contributed by atoms with Crippen LogP contribution in [0.4, 0.5) is 11.5 Å². The number of nitrogens with two attached hydrogens (primary N) is 1. The zero-order valence-corrected chi connectivity index (χ0v) is 8.87. The number of nitrogen functional groups attached to an aromatic ring is 1. The van der Waals surface area contributed by atoms with Crippen molar-refractivity contribution >= 4 is 11.5 Å². The summed E-state index contributed by atoms with van der Waals surface area (Å²) < 4.78 is 0. The summed E-state index contributed by atoms with van der Waals surface area (Å²) in [6.45, 7) is 1.03. The van der Waals surface area contributed by atoms with E-state index in [4.69, 9.17) is 5.84 Å². The van der Waals surface area contributed by atoms with E-state index in [-0.39, 0.29) is 0 Å². The summed E-state index contributed by atoms with van der Waals surface area (Å²) in [4.78, 5) is 4.05. The maximum atomic E-state index is 5.28. The highest BCUT2D eigenvalue weighted by Crippen LogP contribution is 2.33. The van der Waals surface area contributed by atoms with Crippen LogP contribution in [0.15, 0.2) is 18.3 Å². The van der Waals surface area contributed by atoms with Crippen LogP contribution in [0.1, 0.15) is 25.7 Å². The van der Waals surface area contributed by atoms with Crippen molar-refractivity contribution in [3.8, 4) is 0 Å². The van der Waals surface area contributed by atoms with Crippen molar-refractivity contribution < 1.29 is 0 Å². The van der Waals surface area contributed by atoms with Gasteiger partial charge in [-0.05, 0) is 24.8 Å². The molecule has 0 aromatic carbocycles. The lowest BCUT2D eigenvalue weighted by molar-refractivity contribution is 0.687. The molecule has 1 aliphatic carbocycles. The van der Waals surface area contributed by atoms with E-state index in [1.54, 1.807) is 6.20 Å². The number of pyridine rings is 1. The summed E-state index contributed by atoms with van der Waals surface area (Å²) in [5.41, 5.74) is 3.61. The van der Waals surface area contributed by atoms with E-state index in [9.17, 15) is 0 Å². The number of nitrogens with one attached hydrogen (secondary N) is 2. The Morgan fingerprint density at radius 3 is 3.07 bits per heavy atom. The van der Waals surface area contributed by atoms with Gasteiger partial charge in [0.1, 0.15) is 5.82 Å². The van der Waals surface area contributed by atoms with Gasteiger partial charge in [-0.3, -0.25) is 0 Å². The third-order valence-corrected chi connectivity index (χ3v) is 2.72. The van der Waals surface area contributed by atoms with Crippen LogP contribution >= 0.6 is 0 Å². The number of nitrogens with zero attached hydrogens (tertiary/aromatic N) is 1. The molecule has 0 atom stereocenters. The molecule has 0 bridgehead atoms. The van der Waals surface area contributed by atoms with Crippen molar-refractivity contribution in [3.05, 3.63) is 18.3 Å². The van der Waals surface area contributed by atoms with Crippen LogP contribution in [0.25, 0.3) is 0 Å². The Morgan fingerprint density at radius 1 is 1.47 bits per heavy atom. The molecule has 0 amide bonds. The third-order valence-electron chi connectivity index (χ3n) is 2.72. The molecule has 1 fully saturated rings. The fraction of sp³-hybridized carbons (Fsp3) is 0.545. The first kappa shape index (κ1) is 10.2. The van der Waals surface area contributed by atoms with Crippen LogP contribution in [-0.4, -0.2) is 11.5 Å². The van der Waals surface area contributed by atoms with Crippen LogP contribution in [-0.2, 0) is 0 Å². The van der Waals surface area contributed by atoms with Crippen LogP contribution in [0, 0.1) is 5.92 Å². The van der Waals surface area contributed by atoms with Crippen LogP contribution in [0.5, 0.6) is 0 Å². The Morgan fingerprint density at radius 2 is 2.33 bits per heavy atom. The predicted molar refractivity (Wildman–Crippen MR) is 62.5 cm³/mol. The Balaban J connectivity index is 1.71. The molecular weight excluding hydrogens is 188 g/mol. The largest absolute Gasteiger partial charge is 0.385 e. The quantitative estimate of drug-likeness (QED) is 0.378. The number of rotatable bonds is 6. The van der Waals surface area contributed by atoms with E-state index in [1.807, 2.05) is 12.1 Å². The summed E-state index contributed by atoms with van der Waals surface area (Å²) >= 11 is 0. The van der Waals surface area contributed by atoms with Gasteiger partial charge in [0.25, 0.3) is 0 Å². The normalized spacial score (nSPS) is 15.0. The smallest absolute Gasteiger partial charge is 0.141 e. The lowest BCUT2D eigenvalue weighted by Crippen LogP contribution is -2.09. The first-order valence-corrected chi connectivity index (χ1v) is 5.55. The Kier molecular flexibility index (Phi) is 3.40. The van der Waals surface area contributed by atoms with Crippen molar-refractivity contribution in [3.63, 3.8) is 0 Å². The van der Waals surface area contributed by atoms with Gasteiger partial charge in [0.15, 0.2) is 0 Å². The highest BCUT2D eigenvalue weighted by Gasteiger charge is 2.19. The molecule has 1 aromatic heterocycles. The molecule has 0 saturated heterocycles. The summed E-state index contributed by atoms with van der Waals surface area (Å²) in [6, 6.07) is 3.87. The Hall–Kier alpha value is -1.29. The zero-order valence-electron chi connectivity index (χ0n) is 8.87. The molecule has 4 N–H and O–H groups in total. The van der Waals surface area contributed by atoms with Crippen LogP contribution in [0.3, 0.4) is 0 Å². The van der Waals surface area contributed by atoms with Crippen molar-refractivity contribution in [1.29, 1.82) is 0 Å². The van der Waals surface area contributed by atoms with Gasteiger partial charge < -0.3 is 10.7 Å². The molecule has 0 spiro atoms. The van der Waals surface area contributed by atoms with Gasteiger partial charge in [-0.25, -0.2) is 10.8 Å². The molecular formula is C11H18N4. The second kappa shape index (κ2) is 4.98. The second-order valence-electron chi connectivity index (χ2n) is 4.09. The monoisotopic (exact) mass is 206 g/mol. The van der Waals surface area contributed by atoms with Crippen molar-refractivity contribution in [2.24, 2.45) is 11.8 Å². The molecule has 82 valence electrons. The maximum absolute atomic E-state index is 5.28. The SMILES string of the molecule is NNc1cc(NCCCC2CC2)ccn1. The van der Waals surface area contributed by atoms with E-state index in [2.05, 4.69) is 15.7 Å². The van der Waals surface area contributed by atoms with Gasteiger partial charge in [-0.2, -0.15) is 0 Å². The highest BCUT2D eigenvalue weighted by molar-refractivity contribution is 5.51. The van der Waals surface area contributed by atoms with Gasteiger partial charge >= 0.3 is 0 Å². The highest BCUT2D eigenvalue weighted by atomic mass is 15.2. The first-order valence-electron chi connectivity index (χ1n) is 5.55. The van der Waals surface area contributed by atoms with Gasteiger partial charge in [0.05, 0.1) is 0 Å². The summed E-state index contributed by atoms with van der Waals surface area (Å²) in [5.74, 6) is 7.00. The Labute approximate surface area is 90.2 Å². The number of anilines is 2. The molecule has 2 rings (SSSR count). The first-order chi connectivity index (χ1) is 7.38. The maximum Gasteiger partial charge on any atom is 0.141 e. The zero-order chi connectivity index (χ0) is 10.5. The lowest BCUT2D eigenvalue weighted by Gasteiger charge is -2.07. The van der Waals surface area contributed by atoms with Gasteiger partial charge in [-0.1, -0.05) is 12.8 Å². The van der Waals surface area contributed by atoms with E-state index in [0.717, 1.165) is 18.2 Å². The predicted octanol–water partition coefficient (Wildman–Crippen LogP) is 1.97. The minimum Gasteiger partial charge on any atom is -0.385 e. The van der Waals surface area contributed by atoms with Crippen molar-refractivity contribution in [2.75, 3.05) is 17.3 Å². The van der Waals surface area contributed by atoms with Crippen molar-refractivity contribution in [1.82, 2.24) is 4.98 Å². The lowest BCUT2D eigenvalue weighted by atomic mass is 10.2. The fourth-order valence-corrected chi connectivity index (χ4v) is 1.65. The molecule has 1 saturated carbocycles. The number of hydrazine groups is 1. The topological polar surface area (TPSA) is 63.0 Å². The summed E-state index contributed by atoms with van der Waals surface area (Å²) in [6.07, 6.45) is 7.24. The molecule has 0 radical (unpaired) electrons. The third kappa shape index (κ3) is 3.40. The molecule has 0 unspecified atom stereocenters. The van der Waals surface area contributed by atoms with Gasteiger partial charge in [-0.15, -0.1) is 0 Å². The molecule has 4 nitrogen and oxygen atoms in total. The van der Waals surface area contributed by atoms with Crippen LogP contribution in [0.2, 0.25) is 0 Å². The second-order valence-corrected chi connectivity index (χ2v) is 4.09. The number of hydrogen-bond donors (Lipinski definition) is 3. The molecule has 4 heteroatoms. The van der Waals surface area contributed by atoms with Gasteiger partial charge in [0.2, 0.25) is 0 Å². The van der Waals surface area contributed by atoms with E-state index in [0.29, 0.717) is 5.82 Å². The average Bonchev–Trinajstić information content (AvgIpc) is 3.09. The fourth-order valence-electron chi connectivity index (χ4n) is 1.65. The molecule has 0 aliphatic heterocycles. The van der Waals surface area contributed by atoms with E-state index < -0.39 is 0 Å². The molecule has 1 aliphatic rings. The summed E-state index contributed by atoms with van der Waals surface area (Å²) in [5, 5.41) is 3.37. The standard InChI is InChI=1S/C11H18N4/c12-15-11-8-10(5-7-14-11)13-6-1-2-9-3-4-9/h5,7-9H,1-4,6,12H2,(H2,13,14,15). The van der Waals surface area contributed by atoms with E-state index in [1.165, 1.54) is 25.7 Å². The average molecular weight is 206 g/mol. The number of aromatic nitrogens is 1. The minimum absolute atomic E-state index is 0.696. The number of hydrogen-bond acceptors (Lipinski definition) is 4. The minimum atomic E-state index is 0.696. The molecule has 15 heavy (non-hydrogen) atoms. The molecule has 1 heterocycles. The van der Waals surface area contributed by atoms with Gasteiger partial charge in [0, 0.05) is 24.5 Å². The molecule has 1 aromatic rings. The van der Waals surface area contributed by atoms with Crippen molar-refractivity contribution in [2.45, 2.75) is 25.7 Å². The van der Waals surface area contributed by atoms with Crippen LogP contribution < -0.4 is 16.6 Å².